The van der Waals surface area contributed by atoms with Crippen molar-refractivity contribution in [2.75, 3.05) is 0 Å². The number of carbonyl (C=O) groups excluding carboxylic acids is 1. The molecule has 0 radical (unpaired) electrons. The summed E-state index contributed by atoms with van der Waals surface area (Å²) in [5, 5.41) is 13.4. The molecule has 1 fully saturated rings. The van der Waals surface area contributed by atoms with Gasteiger partial charge in [0, 0.05) is 12.5 Å². The molecule has 0 spiro atoms. The number of halogens is 10. The molecular weight excluding hydrogens is 539 g/mol. The fourth-order valence-corrected chi connectivity index (χ4v) is 4.05. The number of nitrogens with zero attached hydrogens (tertiary/aromatic N) is 3. The van der Waals surface area contributed by atoms with Gasteiger partial charge in [-0.25, -0.2) is 13.6 Å². The number of aromatic nitrogens is 2. The Labute approximate surface area is 201 Å². The van der Waals surface area contributed by atoms with Crippen molar-refractivity contribution in [1.82, 2.24) is 15.1 Å². The van der Waals surface area contributed by atoms with E-state index in [1.54, 1.807) is 0 Å². The predicted molar refractivity (Wildman–Crippen MR) is 105 cm³/mol. The minimum atomic E-state index is -5.64. The second-order valence-corrected chi connectivity index (χ2v) is 8.63. The molecule has 190 valence electrons. The van der Waals surface area contributed by atoms with Crippen LogP contribution in [-0.4, -0.2) is 34.0 Å². The first kappa shape index (κ1) is 26.8. The number of nitriles is 1. The molecule has 0 aliphatic heterocycles. The molecule has 1 atom stereocenters. The minimum Gasteiger partial charge on any atom is -0.391 e. The van der Waals surface area contributed by atoms with E-state index in [0.717, 1.165) is 0 Å². The Balaban J connectivity index is 2.37. The zero-order valence-corrected chi connectivity index (χ0v) is 18.9. The number of ether oxygens (including phenoxy) is 1. The molecule has 2 aromatic rings. The van der Waals surface area contributed by atoms with Gasteiger partial charge in [0.15, 0.2) is 11.1 Å². The summed E-state index contributed by atoms with van der Waals surface area (Å²) in [6.07, 6.45) is -13.8. The molecule has 1 amide bonds. The summed E-state index contributed by atoms with van der Waals surface area (Å²) >= 11 is 11.8. The van der Waals surface area contributed by atoms with Gasteiger partial charge >= 0.3 is 18.4 Å². The maximum absolute atomic E-state index is 14.2. The Morgan fingerprint density at radius 2 is 1.71 bits per heavy atom. The molecule has 1 heterocycles. The lowest BCUT2D eigenvalue weighted by Gasteiger charge is -2.21. The number of alkyl halides is 8. The average molecular weight is 551 g/mol. The average Bonchev–Trinajstić information content (AvgIpc) is 3.10. The third-order valence-corrected chi connectivity index (χ3v) is 5.57. The van der Waals surface area contributed by atoms with Crippen LogP contribution in [0.15, 0.2) is 12.1 Å². The van der Waals surface area contributed by atoms with Crippen LogP contribution in [0.4, 0.5) is 39.9 Å². The van der Waals surface area contributed by atoms with E-state index in [1.165, 1.54) is 19.9 Å². The smallest absolute Gasteiger partial charge is 0.391 e. The maximum atomic E-state index is 14.2. The van der Waals surface area contributed by atoms with Crippen LogP contribution in [0.5, 0.6) is 5.88 Å². The highest BCUT2D eigenvalue weighted by molar-refractivity contribution is 6.37. The van der Waals surface area contributed by atoms with Crippen LogP contribution < -0.4 is 10.1 Å². The van der Waals surface area contributed by atoms with Crippen molar-refractivity contribution in [2.45, 2.75) is 50.0 Å². The standard InChI is InChI=1S/C19H12Cl2F8N4O2/c1-7(2)31-15(34)35-14-12(16(19(27,28)29)6-17(16,22)23)11(5-30)32-33(14)13-9(20)3-8(4-10(13)21)18(24,25)26/h3-4,7H,6H2,1-2H3,(H,31,34). The Morgan fingerprint density at radius 1 is 1.20 bits per heavy atom. The highest BCUT2D eigenvalue weighted by Gasteiger charge is 2.86. The number of carbonyl (C=O) groups is 1. The third-order valence-electron chi connectivity index (χ3n) is 5.00. The maximum Gasteiger partial charge on any atom is 0.416 e. The van der Waals surface area contributed by atoms with Gasteiger partial charge in [-0.05, 0) is 26.0 Å². The van der Waals surface area contributed by atoms with Crippen LogP contribution in [0.1, 0.15) is 37.1 Å². The summed E-state index contributed by atoms with van der Waals surface area (Å²) in [7, 11) is 0. The van der Waals surface area contributed by atoms with Gasteiger partial charge in [-0.3, -0.25) is 0 Å². The van der Waals surface area contributed by atoms with Crippen LogP contribution in [0.3, 0.4) is 0 Å². The summed E-state index contributed by atoms with van der Waals surface area (Å²) in [6, 6.07) is 1.29. The molecule has 1 aromatic carbocycles. The number of hydrogen-bond donors (Lipinski definition) is 1. The lowest BCUT2D eigenvalue weighted by molar-refractivity contribution is -0.182. The Kier molecular flexibility index (Phi) is 6.44. The van der Waals surface area contributed by atoms with Crippen molar-refractivity contribution in [1.29, 1.82) is 5.26 Å². The van der Waals surface area contributed by atoms with Crippen molar-refractivity contribution in [3.63, 3.8) is 0 Å². The number of rotatable bonds is 4. The first-order valence-electron chi connectivity index (χ1n) is 9.40. The Morgan fingerprint density at radius 3 is 2.09 bits per heavy atom. The SMILES string of the molecule is CC(C)NC(=O)Oc1c(C2(C(F)(F)F)CC2(F)F)c(C#N)nn1-c1c(Cl)cc(C(F)(F)F)cc1Cl. The summed E-state index contributed by atoms with van der Waals surface area (Å²) < 4.78 is 115. The van der Waals surface area contributed by atoms with Crippen LogP contribution in [-0.2, 0) is 11.6 Å². The number of benzene rings is 1. The lowest BCUT2D eigenvalue weighted by atomic mass is 9.94. The zero-order chi connectivity index (χ0) is 26.7. The zero-order valence-electron chi connectivity index (χ0n) is 17.4. The van der Waals surface area contributed by atoms with Crippen LogP contribution in [0.25, 0.3) is 5.69 Å². The fourth-order valence-electron chi connectivity index (χ4n) is 3.41. The van der Waals surface area contributed by atoms with E-state index in [4.69, 9.17) is 27.9 Å². The molecule has 6 nitrogen and oxygen atoms in total. The van der Waals surface area contributed by atoms with Crippen LogP contribution in [0, 0.1) is 11.3 Å². The molecule has 35 heavy (non-hydrogen) atoms. The van der Waals surface area contributed by atoms with Crippen molar-refractivity contribution in [2.24, 2.45) is 0 Å². The van der Waals surface area contributed by atoms with Crippen LogP contribution >= 0.6 is 23.2 Å². The van der Waals surface area contributed by atoms with E-state index in [2.05, 4.69) is 10.4 Å². The van der Waals surface area contributed by atoms with Crippen LogP contribution in [0.2, 0.25) is 10.0 Å². The normalized spacial score (nSPS) is 19.4. The second kappa shape index (κ2) is 8.41. The molecule has 1 N–H and O–H groups in total. The van der Waals surface area contributed by atoms with Gasteiger partial charge in [0.1, 0.15) is 11.8 Å². The molecule has 16 heteroatoms. The highest BCUT2D eigenvalue weighted by atomic mass is 35.5. The summed E-state index contributed by atoms with van der Waals surface area (Å²) in [6.45, 7) is 2.88. The Hall–Kier alpha value is -2.79. The molecule has 1 aliphatic carbocycles. The topological polar surface area (TPSA) is 79.9 Å². The van der Waals surface area contributed by atoms with E-state index in [0.29, 0.717) is 12.1 Å². The Bertz CT molecular complexity index is 1210. The first-order chi connectivity index (χ1) is 15.9. The molecule has 3 rings (SSSR count). The summed E-state index contributed by atoms with van der Waals surface area (Å²) in [5.74, 6) is -5.72. The molecule has 1 unspecified atom stereocenters. The van der Waals surface area contributed by atoms with Gasteiger partial charge in [-0.1, -0.05) is 23.2 Å². The predicted octanol–water partition coefficient (Wildman–Crippen LogP) is 6.41. The van der Waals surface area contributed by atoms with Gasteiger partial charge in [0.05, 0.1) is 21.2 Å². The number of nitrogens with one attached hydrogen (secondary N) is 1. The van der Waals surface area contributed by atoms with E-state index < -0.39 is 80.7 Å². The van der Waals surface area contributed by atoms with E-state index in [9.17, 15) is 45.2 Å². The fraction of sp³-hybridized carbons (Fsp3) is 0.421. The largest absolute Gasteiger partial charge is 0.416 e. The lowest BCUT2D eigenvalue weighted by Crippen LogP contribution is -2.37. The van der Waals surface area contributed by atoms with Crippen molar-refractivity contribution < 1.29 is 44.7 Å². The van der Waals surface area contributed by atoms with E-state index in [1.807, 2.05) is 0 Å². The monoisotopic (exact) mass is 550 g/mol. The van der Waals surface area contributed by atoms with Gasteiger partial charge in [-0.2, -0.15) is 41.4 Å². The van der Waals surface area contributed by atoms with Gasteiger partial charge in [-0.15, -0.1) is 0 Å². The molecule has 0 bridgehead atoms. The third kappa shape index (κ3) is 4.47. The summed E-state index contributed by atoms with van der Waals surface area (Å²) in [4.78, 5) is 12.2. The molecule has 0 saturated heterocycles. The first-order valence-corrected chi connectivity index (χ1v) is 10.2. The molecule has 1 saturated carbocycles. The molecule has 1 aliphatic rings. The molecular formula is C19H12Cl2F8N4O2. The molecule has 1 aromatic heterocycles. The van der Waals surface area contributed by atoms with Gasteiger partial charge in [0.25, 0.3) is 5.92 Å². The van der Waals surface area contributed by atoms with Crippen molar-refractivity contribution in [3.05, 3.63) is 39.0 Å². The van der Waals surface area contributed by atoms with Crippen molar-refractivity contribution in [3.8, 4) is 17.6 Å². The minimum absolute atomic E-state index is 0.223. The summed E-state index contributed by atoms with van der Waals surface area (Å²) in [5.41, 5.74) is -8.74. The van der Waals surface area contributed by atoms with E-state index >= 15 is 0 Å². The highest BCUT2D eigenvalue weighted by Crippen LogP contribution is 2.71. The van der Waals surface area contributed by atoms with E-state index in [-0.39, 0.29) is 4.68 Å². The van der Waals surface area contributed by atoms with Gasteiger partial charge in [0.2, 0.25) is 5.88 Å². The number of hydrogen-bond acceptors (Lipinski definition) is 4. The van der Waals surface area contributed by atoms with Gasteiger partial charge < -0.3 is 10.1 Å². The second-order valence-electron chi connectivity index (χ2n) is 7.81. The van der Waals surface area contributed by atoms with Crippen molar-refractivity contribution >= 4 is 29.3 Å². The number of amides is 1. The quantitative estimate of drug-likeness (QED) is 0.446.